The van der Waals surface area contributed by atoms with Crippen molar-refractivity contribution in [1.82, 2.24) is 4.90 Å². The summed E-state index contributed by atoms with van der Waals surface area (Å²) in [5, 5.41) is 0. The van der Waals surface area contributed by atoms with Crippen LogP contribution in [0.2, 0.25) is 0 Å². The van der Waals surface area contributed by atoms with Gasteiger partial charge in [-0.2, -0.15) is 0 Å². The predicted molar refractivity (Wildman–Crippen MR) is 98.5 cm³/mol. The Morgan fingerprint density at radius 2 is 1.52 bits per heavy atom. The van der Waals surface area contributed by atoms with Crippen LogP contribution < -0.4 is 5.73 Å². The molecule has 2 unspecified atom stereocenters. The molecule has 1 amide bonds. The standard InChI is InChI=1S/C19H24N2O.ClH/c1-14(13-20)19(22)21(3)15(2)16-9-11-18(12-10-16)17-7-5-4-6-8-17;/h4-12,14-15H,13,20H2,1-3H3;1H. The third kappa shape index (κ3) is 4.57. The van der Waals surface area contributed by atoms with Crippen molar-refractivity contribution in [3.05, 3.63) is 60.2 Å². The average Bonchev–Trinajstić information content (AvgIpc) is 2.60. The van der Waals surface area contributed by atoms with Gasteiger partial charge in [0.1, 0.15) is 0 Å². The predicted octanol–water partition coefficient (Wildman–Crippen LogP) is 3.89. The molecule has 124 valence electrons. The van der Waals surface area contributed by atoms with E-state index in [1.165, 1.54) is 11.1 Å². The summed E-state index contributed by atoms with van der Waals surface area (Å²) in [7, 11) is 1.84. The van der Waals surface area contributed by atoms with Crippen LogP contribution in [0.25, 0.3) is 11.1 Å². The van der Waals surface area contributed by atoms with Crippen LogP contribution in [0.1, 0.15) is 25.5 Å². The SMILES string of the molecule is CC(CN)C(=O)N(C)C(C)c1ccc(-c2ccccc2)cc1.Cl. The normalized spacial score (nSPS) is 12.9. The molecule has 2 aromatic rings. The van der Waals surface area contributed by atoms with Gasteiger partial charge in [0.05, 0.1) is 6.04 Å². The van der Waals surface area contributed by atoms with E-state index in [1.807, 2.05) is 39.1 Å². The number of hydrogen-bond acceptors (Lipinski definition) is 2. The summed E-state index contributed by atoms with van der Waals surface area (Å²) < 4.78 is 0. The van der Waals surface area contributed by atoms with E-state index in [9.17, 15) is 4.79 Å². The zero-order chi connectivity index (χ0) is 16.1. The highest BCUT2D eigenvalue weighted by atomic mass is 35.5. The molecule has 0 heterocycles. The summed E-state index contributed by atoms with van der Waals surface area (Å²) in [4.78, 5) is 14.0. The Morgan fingerprint density at radius 1 is 1.00 bits per heavy atom. The number of nitrogens with zero attached hydrogens (tertiary/aromatic N) is 1. The lowest BCUT2D eigenvalue weighted by Crippen LogP contribution is -2.36. The fourth-order valence-corrected chi connectivity index (χ4v) is 2.45. The smallest absolute Gasteiger partial charge is 0.226 e. The third-order valence-electron chi connectivity index (χ3n) is 4.20. The largest absolute Gasteiger partial charge is 0.339 e. The molecule has 0 fully saturated rings. The lowest BCUT2D eigenvalue weighted by atomic mass is 10.00. The molecule has 0 aromatic heterocycles. The average molecular weight is 333 g/mol. The minimum Gasteiger partial charge on any atom is -0.339 e. The molecule has 2 aromatic carbocycles. The maximum atomic E-state index is 12.2. The Hall–Kier alpha value is -1.84. The second-order valence-corrected chi connectivity index (χ2v) is 5.75. The van der Waals surface area contributed by atoms with Crippen molar-refractivity contribution in [2.75, 3.05) is 13.6 Å². The molecule has 0 saturated carbocycles. The van der Waals surface area contributed by atoms with Crippen LogP contribution in [0.4, 0.5) is 0 Å². The van der Waals surface area contributed by atoms with Crippen molar-refractivity contribution in [3.8, 4) is 11.1 Å². The zero-order valence-corrected chi connectivity index (χ0v) is 14.7. The number of benzene rings is 2. The van der Waals surface area contributed by atoms with Gasteiger partial charge in [-0.05, 0) is 23.6 Å². The van der Waals surface area contributed by atoms with Gasteiger partial charge in [0.2, 0.25) is 5.91 Å². The fourth-order valence-electron chi connectivity index (χ4n) is 2.45. The van der Waals surface area contributed by atoms with E-state index in [1.54, 1.807) is 4.90 Å². The first-order valence-electron chi connectivity index (χ1n) is 7.66. The first kappa shape index (κ1) is 19.2. The minimum absolute atomic E-state index is 0. The maximum Gasteiger partial charge on any atom is 0.226 e. The number of carbonyl (C=O) groups excluding carboxylic acids is 1. The lowest BCUT2D eigenvalue weighted by Gasteiger charge is -2.27. The molecular weight excluding hydrogens is 308 g/mol. The summed E-state index contributed by atoms with van der Waals surface area (Å²) in [5.41, 5.74) is 9.09. The molecule has 2 N–H and O–H groups in total. The van der Waals surface area contributed by atoms with E-state index in [2.05, 4.69) is 36.4 Å². The van der Waals surface area contributed by atoms with Gasteiger partial charge in [0, 0.05) is 19.5 Å². The Bertz CT molecular complexity index is 613. The van der Waals surface area contributed by atoms with Crippen LogP contribution in [-0.2, 0) is 4.79 Å². The van der Waals surface area contributed by atoms with E-state index in [0.29, 0.717) is 6.54 Å². The monoisotopic (exact) mass is 332 g/mol. The molecule has 0 bridgehead atoms. The molecule has 23 heavy (non-hydrogen) atoms. The molecule has 0 aliphatic rings. The number of hydrogen-bond donors (Lipinski definition) is 1. The molecule has 2 rings (SSSR count). The van der Waals surface area contributed by atoms with Crippen molar-refractivity contribution in [3.63, 3.8) is 0 Å². The van der Waals surface area contributed by atoms with Crippen LogP contribution in [0, 0.1) is 5.92 Å². The second-order valence-electron chi connectivity index (χ2n) is 5.75. The summed E-state index contributed by atoms with van der Waals surface area (Å²) in [6.07, 6.45) is 0. The number of rotatable bonds is 5. The molecule has 0 aliphatic heterocycles. The molecule has 0 saturated heterocycles. The fraction of sp³-hybridized carbons (Fsp3) is 0.316. The van der Waals surface area contributed by atoms with E-state index in [-0.39, 0.29) is 30.3 Å². The highest BCUT2D eigenvalue weighted by Gasteiger charge is 2.21. The molecule has 2 atom stereocenters. The summed E-state index contributed by atoms with van der Waals surface area (Å²) in [6.45, 7) is 4.28. The van der Waals surface area contributed by atoms with Gasteiger partial charge in [0.25, 0.3) is 0 Å². The quantitative estimate of drug-likeness (QED) is 0.902. The van der Waals surface area contributed by atoms with Gasteiger partial charge in [-0.3, -0.25) is 4.79 Å². The minimum atomic E-state index is -0.143. The van der Waals surface area contributed by atoms with Crippen LogP contribution in [0.5, 0.6) is 0 Å². The number of nitrogens with two attached hydrogens (primary N) is 1. The number of amides is 1. The molecule has 0 spiro atoms. The summed E-state index contributed by atoms with van der Waals surface area (Å²) >= 11 is 0. The topological polar surface area (TPSA) is 46.3 Å². The van der Waals surface area contributed by atoms with Crippen molar-refractivity contribution in [2.45, 2.75) is 19.9 Å². The van der Waals surface area contributed by atoms with Crippen LogP contribution in [0.15, 0.2) is 54.6 Å². The van der Waals surface area contributed by atoms with Crippen molar-refractivity contribution >= 4 is 18.3 Å². The number of halogens is 1. The number of carbonyl (C=O) groups is 1. The molecular formula is C19H25ClN2O. The molecule has 0 aliphatic carbocycles. The molecule has 3 nitrogen and oxygen atoms in total. The summed E-state index contributed by atoms with van der Waals surface area (Å²) in [6, 6.07) is 18.7. The van der Waals surface area contributed by atoms with Crippen molar-refractivity contribution in [2.24, 2.45) is 11.7 Å². The Morgan fingerprint density at radius 3 is 2.04 bits per heavy atom. The Labute approximate surface area is 144 Å². The molecule has 4 heteroatoms. The van der Waals surface area contributed by atoms with Gasteiger partial charge in [-0.1, -0.05) is 61.5 Å². The van der Waals surface area contributed by atoms with E-state index in [4.69, 9.17) is 5.73 Å². The van der Waals surface area contributed by atoms with Crippen molar-refractivity contribution < 1.29 is 4.79 Å². The highest BCUT2D eigenvalue weighted by Crippen LogP contribution is 2.24. The maximum absolute atomic E-state index is 12.2. The van der Waals surface area contributed by atoms with Gasteiger partial charge in [-0.15, -0.1) is 12.4 Å². The van der Waals surface area contributed by atoms with Crippen LogP contribution in [0.3, 0.4) is 0 Å². The van der Waals surface area contributed by atoms with Crippen LogP contribution in [-0.4, -0.2) is 24.4 Å². The highest BCUT2D eigenvalue weighted by molar-refractivity contribution is 5.85. The van der Waals surface area contributed by atoms with E-state index < -0.39 is 0 Å². The lowest BCUT2D eigenvalue weighted by molar-refractivity contribution is -0.135. The first-order chi connectivity index (χ1) is 10.5. The van der Waals surface area contributed by atoms with Gasteiger partial charge >= 0.3 is 0 Å². The first-order valence-corrected chi connectivity index (χ1v) is 7.66. The second kappa shape index (κ2) is 8.70. The Kier molecular flexibility index (Phi) is 7.27. The van der Waals surface area contributed by atoms with E-state index >= 15 is 0 Å². The summed E-state index contributed by atoms with van der Waals surface area (Å²) in [5.74, 6) is -0.0572. The zero-order valence-electron chi connectivity index (χ0n) is 13.9. The van der Waals surface area contributed by atoms with Gasteiger partial charge < -0.3 is 10.6 Å². The van der Waals surface area contributed by atoms with Gasteiger partial charge in [0.15, 0.2) is 0 Å². The van der Waals surface area contributed by atoms with Crippen molar-refractivity contribution in [1.29, 1.82) is 0 Å². The Balaban J connectivity index is 0.00000264. The van der Waals surface area contributed by atoms with Gasteiger partial charge in [-0.25, -0.2) is 0 Å². The van der Waals surface area contributed by atoms with Crippen LogP contribution >= 0.6 is 12.4 Å². The van der Waals surface area contributed by atoms with E-state index in [0.717, 1.165) is 5.56 Å². The molecule has 0 radical (unpaired) electrons. The third-order valence-corrected chi connectivity index (χ3v) is 4.20.